The number of sulfone groups is 2. The van der Waals surface area contributed by atoms with Gasteiger partial charge in [-0.15, -0.1) is 30.7 Å². The first kappa shape index (κ1) is 48.0. The van der Waals surface area contributed by atoms with Crippen molar-refractivity contribution >= 4 is 106 Å². The van der Waals surface area contributed by atoms with Gasteiger partial charge in [-0.25, -0.2) is 21.0 Å². The van der Waals surface area contributed by atoms with Gasteiger partial charge in [0.15, 0.2) is 19.7 Å². The monoisotopic (exact) mass is 968 g/mol. The number of nitrogens with zero attached hydrogens (tertiary/aromatic N) is 6. The van der Waals surface area contributed by atoms with Crippen LogP contribution in [0, 0.1) is 0 Å². The molecule has 0 aliphatic rings. The molecule has 328 valence electrons. The van der Waals surface area contributed by atoms with Crippen LogP contribution in [0.5, 0.6) is 5.75 Å². The second kappa shape index (κ2) is 17.7. The van der Waals surface area contributed by atoms with Crippen molar-refractivity contribution in [3.8, 4) is 5.75 Å². The first-order chi connectivity index (χ1) is 28.0. The van der Waals surface area contributed by atoms with Crippen molar-refractivity contribution in [2.45, 2.75) is 24.5 Å². The number of azo groups is 3. The van der Waals surface area contributed by atoms with Crippen molar-refractivity contribution in [3.05, 3.63) is 72.7 Å². The van der Waals surface area contributed by atoms with E-state index in [9.17, 15) is 64.2 Å². The summed E-state index contributed by atoms with van der Waals surface area (Å²) in [6.45, 7) is 2.04. The van der Waals surface area contributed by atoms with E-state index in [0.29, 0.717) is 17.5 Å². The second-order valence-corrected chi connectivity index (χ2v) is 20.8. The third-order valence-electron chi connectivity index (χ3n) is 7.48. The lowest BCUT2D eigenvalue weighted by atomic mass is 10.2. The second-order valence-electron chi connectivity index (χ2n) is 11.5. The van der Waals surface area contributed by atoms with Crippen molar-refractivity contribution < 1.29 is 77.6 Å². The van der Waals surface area contributed by atoms with Crippen LogP contribution < -0.4 is 16.2 Å². The topological polar surface area (TPSA) is 430 Å². The van der Waals surface area contributed by atoms with Gasteiger partial charge in [-0.3, -0.25) is 18.2 Å². The van der Waals surface area contributed by atoms with Crippen molar-refractivity contribution in [1.29, 1.82) is 0 Å². The molecule has 0 aromatic heterocycles. The Kier molecular flexibility index (Phi) is 14.0. The highest BCUT2D eigenvalue weighted by Gasteiger charge is 2.25. The van der Waals surface area contributed by atoms with E-state index >= 15 is 0 Å². The van der Waals surface area contributed by atoms with Crippen molar-refractivity contribution in [2.24, 2.45) is 30.7 Å². The van der Waals surface area contributed by atoms with Crippen LogP contribution in [0.3, 0.4) is 0 Å². The zero-order chi connectivity index (χ0) is 45.9. The number of hydrogen-bond acceptors (Lipinski definition) is 22. The third kappa shape index (κ3) is 12.0. The molecule has 8 N–H and O–H groups in total. The molecule has 0 unspecified atom stereocenters. The molecule has 0 aliphatic carbocycles. The SMILES string of the molecule is C=CS(=O)(=O)c1ccc(N=Nc2c(N)c(N=Nc3ccc(OC)cc3S(=O)(=O)O)cc(N=Nc3ccc(S(=O)(=O)CCOS(=O)(=O)O)cc3S(=O)(=O)O)c2N)c(S(=O)(=O)O)c1. The normalized spacial score (nSPS) is 13.3. The fourth-order valence-corrected chi connectivity index (χ4v) is 8.91. The predicted octanol–water partition coefficient (Wildman–Crippen LogP) is 4.36. The van der Waals surface area contributed by atoms with Gasteiger partial charge in [0.05, 0.1) is 40.6 Å². The lowest BCUT2D eigenvalue weighted by Crippen LogP contribution is -2.16. The number of anilines is 2. The quantitative estimate of drug-likeness (QED) is 0.0486. The number of ether oxygens (including phenoxy) is 1. The minimum atomic E-state index is -5.32. The first-order valence-corrected chi connectivity index (χ1v) is 24.4. The molecular weight excluding hydrogens is 941 g/mol. The van der Waals surface area contributed by atoms with Crippen LogP contribution in [0.2, 0.25) is 0 Å². The Balaban J connectivity index is 1.95. The highest BCUT2D eigenvalue weighted by Crippen LogP contribution is 2.46. The molecule has 0 bridgehead atoms. The van der Waals surface area contributed by atoms with E-state index in [-0.39, 0.29) is 5.75 Å². The van der Waals surface area contributed by atoms with E-state index in [1.165, 1.54) is 13.2 Å². The summed E-state index contributed by atoms with van der Waals surface area (Å²) in [4.78, 5) is -4.45. The van der Waals surface area contributed by atoms with E-state index in [1.54, 1.807) is 0 Å². The van der Waals surface area contributed by atoms with E-state index in [2.05, 4.69) is 41.4 Å². The third-order valence-corrected chi connectivity index (χ3v) is 13.6. The Labute approximate surface area is 346 Å². The van der Waals surface area contributed by atoms with Crippen molar-refractivity contribution in [1.82, 2.24) is 0 Å². The van der Waals surface area contributed by atoms with Crippen molar-refractivity contribution in [2.75, 3.05) is 30.9 Å². The van der Waals surface area contributed by atoms with E-state index in [1.807, 2.05) is 0 Å². The molecular formula is C29H28N8O18S6. The van der Waals surface area contributed by atoms with Gasteiger partial charge in [0.1, 0.15) is 54.6 Å². The molecule has 0 radical (unpaired) electrons. The predicted molar refractivity (Wildman–Crippen MR) is 210 cm³/mol. The van der Waals surface area contributed by atoms with Crippen LogP contribution in [0.4, 0.5) is 45.5 Å². The Hall–Kier alpha value is -5.68. The van der Waals surface area contributed by atoms with Crippen LogP contribution >= 0.6 is 0 Å². The molecule has 0 heterocycles. The van der Waals surface area contributed by atoms with Gasteiger partial charge in [0.25, 0.3) is 30.4 Å². The largest absolute Gasteiger partial charge is 0.497 e. The average molecular weight is 969 g/mol. The summed E-state index contributed by atoms with van der Waals surface area (Å²) in [6, 6.07) is 8.30. The summed E-state index contributed by atoms with van der Waals surface area (Å²) in [5.41, 5.74) is 7.72. The van der Waals surface area contributed by atoms with E-state index < -0.39 is 143 Å². The Morgan fingerprint density at radius 3 is 1.43 bits per heavy atom. The summed E-state index contributed by atoms with van der Waals surface area (Å²) in [6.07, 6.45) is 0. The molecule has 4 aromatic carbocycles. The standard InChI is InChI=1S/C29H28N8O18S6/c1-3-56(38,39)17-5-8-21(25(13-17)59(45,46)47)34-37-29-27(30)22(35-32-19-7-4-16(54-2)12-24(19)58(42,43)44)15-23(28(29)31)36-33-20-9-6-18(14-26(20)60(48,49)50)57(40,41)11-10-55-61(51,52)53/h3-9,12-15H,1,10-11,30-31H2,2H3,(H,42,43,44)(H,45,46,47)(H,48,49,50)(H,51,52,53). The molecule has 0 amide bonds. The van der Waals surface area contributed by atoms with Crippen LogP contribution in [-0.2, 0) is 64.6 Å². The fourth-order valence-electron chi connectivity index (χ4n) is 4.58. The molecule has 0 fully saturated rings. The maximum Gasteiger partial charge on any atom is 0.397 e. The zero-order valence-electron chi connectivity index (χ0n) is 30.3. The summed E-state index contributed by atoms with van der Waals surface area (Å²) < 4.78 is 192. The molecule has 32 heteroatoms. The highest BCUT2D eigenvalue weighted by atomic mass is 32.3. The number of hydrogen-bond donors (Lipinski definition) is 6. The molecule has 0 saturated carbocycles. The molecule has 0 atom stereocenters. The summed E-state index contributed by atoms with van der Waals surface area (Å²) in [5.74, 6) is -1.12. The Morgan fingerprint density at radius 1 is 0.574 bits per heavy atom. The molecule has 61 heavy (non-hydrogen) atoms. The van der Waals surface area contributed by atoms with Gasteiger partial charge in [-0.1, -0.05) is 6.58 Å². The zero-order valence-corrected chi connectivity index (χ0v) is 35.2. The lowest BCUT2D eigenvalue weighted by molar-refractivity contribution is 0.284. The molecule has 4 rings (SSSR count). The van der Waals surface area contributed by atoms with Crippen molar-refractivity contribution in [3.63, 3.8) is 0 Å². The van der Waals surface area contributed by atoms with Gasteiger partial charge in [0.2, 0.25) is 0 Å². The molecule has 0 saturated heterocycles. The highest BCUT2D eigenvalue weighted by molar-refractivity contribution is 7.94. The molecule has 0 aliphatic heterocycles. The maximum absolute atomic E-state index is 12.7. The number of benzene rings is 4. The molecule has 4 aromatic rings. The van der Waals surface area contributed by atoms with Gasteiger partial charge in [-0.05, 0) is 54.6 Å². The smallest absolute Gasteiger partial charge is 0.397 e. The van der Waals surface area contributed by atoms with Gasteiger partial charge in [-0.2, -0.15) is 33.7 Å². The summed E-state index contributed by atoms with van der Waals surface area (Å²) in [7, 11) is -28.1. The van der Waals surface area contributed by atoms with E-state index in [4.69, 9.17) is 20.8 Å². The average Bonchev–Trinajstić information content (AvgIpc) is 3.15. The molecule has 0 spiro atoms. The van der Waals surface area contributed by atoms with Gasteiger partial charge < -0.3 is 16.2 Å². The minimum Gasteiger partial charge on any atom is -0.497 e. The van der Waals surface area contributed by atoms with Crippen LogP contribution in [0.25, 0.3) is 0 Å². The Bertz CT molecular complexity index is 3230. The van der Waals surface area contributed by atoms with Crippen LogP contribution in [-0.4, -0.2) is 88.2 Å². The number of methoxy groups -OCH3 is 1. The summed E-state index contributed by atoms with van der Waals surface area (Å²) in [5, 5.41) is 23.2. The van der Waals surface area contributed by atoms with Gasteiger partial charge in [0, 0.05) is 11.5 Å². The minimum absolute atomic E-state index is 0.0237. The first-order valence-electron chi connectivity index (χ1n) is 15.6. The van der Waals surface area contributed by atoms with Gasteiger partial charge >= 0.3 is 10.4 Å². The number of nitrogens with two attached hydrogens (primary N) is 2. The van der Waals surface area contributed by atoms with E-state index in [0.717, 1.165) is 42.5 Å². The van der Waals surface area contributed by atoms with Crippen LogP contribution in [0.15, 0.2) is 128 Å². The molecule has 26 nitrogen and oxygen atoms in total. The number of nitrogen functional groups attached to an aromatic ring is 2. The van der Waals surface area contributed by atoms with Crippen LogP contribution in [0.1, 0.15) is 0 Å². The lowest BCUT2D eigenvalue weighted by Gasteiger charge is -2.11. The fraction of sp³-hybridized carbons (Fsp3) is 0.103. The summed E-state index contributed by atoms with van der Waals surface area (Å²) >= 11 is 0. The maximum atomic E-state index is 12.7. The Morgan fingerprint density at radius 2 is 0.984 bits per heavy atom. The number of rotatable bonds is 17.